The van der Waals surface area contributed by atoms with E-state index in [-0.39, 0.29) is 49.8 Å². The second-order valence-corrected chi connectivity index (χ2v) is 10.6. The number of hydrogen-bond donors (Lipinski definition) is 2. The van der Waals surface area contributed by atoms with Gasteiger partial charge in [0.25, 0.3) is 0 Å². The molecule has 4 fully saturated rings. The molecule has 6 heteroatoms. The van der Waals surface area contributed by atoms with E-state index in [9.17, 15) is 10.2 Å². The molecule has 2 aliphatic heterocycles. The summed E-state index contributed by atoms with van der Waals surface area (Å²) in [4.78, 5) is 0. The molecule has 2 saturated carbocycles. The standard InChI is InChI=1S/C27H46O6/c28-15-7-10-22-21(19-29)18-25(33-27-12-4-6-17-31-27)23(22)13-14-24(20-8-1-2-9-20)32-26-11-3-5-16-30-26/h13-14,20-29H,1-12,15-19H2/t21-,22+,23+,24-,25-,26?,27?/m1/s1. The molecule has 2 unspecified atom stereocenters. The van der Waals surface area contributed by atoms with Crippen LogP contribution in [-0.2, 0) is 18.9 Å². The highest BCUT2D eigenvalue weighted by atomic mass is 16.7. The average Bonchev–Trinajstić information content (AvgIpc) is 3.50. The van der Waals surface area contributed by atoms with Gasteiger partial charge < -0.3 is 29.2 Å². The fourth-order valence-corrected chi connectivity index (χ4v) is 6.44. The van der Waals surface area contributed by atoms with Gasteiger partial charge in [0.15, 0.2) is 12.6 Å². The largest absolute Gasteiger partial charge is 0.396 e. The fourth-order valence-electron chi connectivity index (χ4n) is 6.44. The molecule has 6 nitrogen and oxygen atoms in total. The molecule has 0 aromatic rings. The summed E-state index contributed by atoms with van der Waals surface area (Å²) in [5.41, 5.74) is 0. The molecule has 2 saturated heterocycles. The normalized spacial score (nSPS) is 37.2. The van der Waals surface area contributed by atoms with Gasteiger partial charge in [-0.25, -0.2) is 0 Å². The molecule has 0 aromatic carbocycles. The molecular formula is C27H46O6. The van der Waals surface area contributed by atoms with Gasteiger partial charge in [0.05, 0.1) is 12.2 Å². The van der Waals surface area contributed by atoms with Crippen molar-refractivity contribution >= 4 is 0 Å². The molecule has 0 spiro atoms. The van der Waals surface area contributed by atoms with Crippen LogP contribution in [0.25, 0.3) is 0 Å². The second kappa shape index (κ2) is 13.6. The second-order valence-electron chi connectivity index (χ2n) is 10.6. The Kier molecular flexibility index (Phi) is 10.5. The third-order valence-corrected chi connectivity index (χ3v) is 8.29. The highest BCUT2D eigenvalue weighted by Crippen LogP contribution is 2.44. The highest BCUT2D eigenvalue weighted by molar-refractivity contribution is 5.06. The van der Waals surface area contributed by atoms with Crippen LogP contribution in [0, 0.1) is 23.7 Å². The third kappa shape index (κ3) is 7.25. The SMILES string of the molecule is OCCC[C@H]1[C@@H](CO)C[C@@H](OC2CCCCO2)[C@H]1C=C[C@@H](OC1CCCCO1)C1CCCC1. The zero-order valence-corrected chi connectivity index (χ0v) is 20.3. The summed E-state index contributed by atoms with van der Waals surface area (Å²) in [6.45, 7) is 1.93. The number of ether oxygens (including phenoxy) is 4. The molecule has 4 rings (SSSR count). The van der Waals surface area contributed by atoms with Crippen LogP contribution >= 0.6 is 0 Å². The van der Waals surface area contributed by atoms with Gasteiger partial charge in [0.2, 0.25) is 0 Å². The van der Waals surface area contributed by atoms with Crippen LogP contribution in [0.3, 0.4) is 0 Å². The zero-order chi connectivity index (χ0) is 22.9. The maximum atomic E-state index is 10.1. The van der Waals surface area contributed by atoms with Crippen molar-refractivity contribution in [2.24, 2.45) is 23.7 Å². The van der Waals surface area contributed by atoms with Crippen LogP contribution in [-0.4, -0.2) is 61.4 Å². The van der Waals surface area contributed by atoms with Crippen LogP contribution in [0.1, 0.15) is 83.5 Å². The molecule has 4 aliphatic rings. The van der Waals surface area contributed by atoms with Crippen molar-refractivity contribution in [1.29, 1.82) is 0 Å². The lowest BCUT2D eigenvalue weighted by molar-refractivity contribution is -0.193. The van der Waals surface area contributed by atoms with Crippen molar-refractivity contribution in [3.63, 3.8) is 0 Å². The van der Waals surface area contributed by atoms with Crippen LogP contribution in [0.15, 0.2) is 12.2 Å². The van der Waals surface area contributed by atoms with Crippen molar-refractivity contribution in [3.05, 3.63) is 12.2 Å². The Morgan fingerprint density at radius 2 is 1.58 bits per heavy atom. The van der Waals surface area contributed by atoms with Crippen molar-refractivity contribution in [2.45, 2.75) is 108 Å². The number of aliphatic hydroxyl groups excluding tert-OH is 2. The van der Waals surface area contributed by atoms with E-state index in [1.807, 2.05) is 0 Å². The number of aliphatic hydroxyl groups is 2. The van der Waals surface area contributed by atoms with Gasteiger partial charge in [-0.3, -0.25) is 0 Å². The Labute approximate surface area is 200 Å². The fraction of sp³-hybridized carbons (Fsp3) is 0.926. The molecule has 0 aromatic heterocycles. The van der Waals surface area contributed by atoms with Gasteiger partial charge in [-0.2, -0.15) is 0 Å². The van der Waals surface area contributed by atoms with Crippen LogP contribution in [0.4, 0.5) is 0 Å². The minimum absolute atomic E-state index is 0.0420. The quantitative estimate of drug-likeness (QED) is 0.434. The maximum Gasteiger partial charge on any atom is 0.158 e. The zero-order valence-electron chi connectivity index (χ0n) is 20.3. The van der Waals surface area contributed by atoms with E-state index >= 15 is 0 Å². The van der Waals surface area contributed by atoms with Crippen LogP contribution < -0.4 is 0 Å². The monoisotopic (exact) mass is 466 g/mol. The Hall–Kier alpha value is -0.500. The summed E-state index contributed by atoms with van der Waals surface area (Å²) >= 11 is 0. The predicted molar refractivity (Wildman–Crippen MR) is 127 cm³/mol. The Morgan fingerprint density at radius 3 is 2.21 bits per heavy atom. The van der Waals surface area contributed by atoms with Gasteiger partial charge in [-0.05, 0) is 88.4 Å². The summed E-state index contributed by atoms with van der Waals surface area (Å²) in [5.74, 6) is 1.27. The Morgan fingerprint density at radius 1 is 0.879 bits per heavy atom. The Balaban J connectivity index is 1.48. The van der Waals surface area contributed by atoms with Crippen molar-refractivity contribution in [1.82, 2.24) is 0 Å². The average molecular weight is 467 g/mol. The minimum Gasteiger partial charge on any atom is -0.396 e. The lowest BCUT2D eigenvalue weighted by Crippen LogP contribution is -2.32. The van der Waals surface area contributed by atoms with E-state index in [1.54, 1.807) is 0 Å². The van der Waals surface area contributed by atoms with E-state index < -0.39 is 0 Å². The smallest absolute Gasteiger partial charge is 0.158 e. The topological polar surface area (TPSA) is 77.4 Å². The highest BCUT2D eigenvalue weighted by Gasteiger charge is 2.43. The van der Waals surface area contributed by atoms with Crippen molar-refractivity contribution < 1.29 is 29.2 Å². The summed E-state index contributed by atoms with van der Waals surface area (Å²) in [6.07, 6.45) is 18.5. The van der Waals surface area contributed by atoms with Gasteiger partial charge in [-0.1, -0.05) is 25.0 Å². The molecule has 2 aliphatic carbocycles. The van der Waals surface area contributed by atoms with Crippen molar-refractivity contribution in [2.75, 3.05) is 26.4 Å². The van der Waals surface area contributed by atoms with E-state index in [1.165, 1.54) is 32.1 Å². The van der Waals surface area contributed by atoms with E-state index in [4.69, 9.17) is 18.9 Å². The first kappa shape index (κ1) is 25.6. The molecule has 0 amide bonds. The first-order valence-electron chi connectivity index (χ1n) is 13.7. The van der Waals surface area contributed by atoms with E-state index in [2.05, 4.69) is 12.2 Å². The van der Waals surface area contributed by atoms with Gasteiger partial charge in [0, 0.05) is 32.3 Å². The lowest BCUT2D eigenvalue weighted by Gasteiger charge is -2.31. The van der Waals surface area contributed by atoms with Gasteiger partial charge in [0.1, 0.15) is 0 Å². The Bertz CT molecular complexity index is 565. The molecule has 2 N–H and O–H groups in total. The molecule has 0 bridgehead atoms. The molecule has 0 radical (unpaired) electrons. The van der Waals surface area contributed by atoms with Crippen molar-refractivity contribution in [3.8, 4) is 0 Å². The lowest BCUT2D eigenvalue weighted by atomic mass is 9.84. The number of rotatable bonds is 11. The van der Waals surface area contributed by atoms with E-state index in [0.717, 1.165) is 64.6 Å². The maximum absolute atomic E-state index is 10.1. The minimum atomic E-state index is -0.131. The first-order chi connectivity index (χ1) is 16.3. The summed E-state index contributed by atoms with van der Waals surface area (Å²) in [6, 6.07) is 0. The molecule has 190 valence electrons. The third-order valence-electron chi connectivity index (χ3n) is 8.29. The summed E-state index contributed by atoms with van der Waals surface area (Å²) in [7, 11) is 0. The summed E-state index contributed by atoms with van der Waals surface area (Å²) < 4.78 is 24.8. The van der Waals surface area contributed by atoms with Crippen LogP contribution in [0.5, 0.6) is 0 Å². The predicted octanol–water partition coefficient (Wildman–Crippen LogP) is 4.57. The molecule has 33 heavy (non-hydrogen) atoms. The first-order valence-corrected chi connectivity index (χ1v) is 13.7. The van der Waals surface area contributed by atoms with Gasteiger partial charge in [-0.15, -0.1) is 0 Å². The molecule has 2 heterocycles. The molecule has 7 atom stereocenters. The van der Waals surface area contributed by atoms with E-state index in [0.29, 0.717) is 11.8 Å². The molecular weight excluding hydrogens is 420 g/mol. The number of hydrogen-bond acceptors (Lipinski definition) is 6. The summed E-state index contributed by atoms with van der Waals surface area (Å²) in [5, 5.41) is 19.6. The van der Waals surface area contributed by atoms with Gasteiger partial charge >= 0.3 is 0 Å². The van der Waals surface area contributed by atoms with Crippen LogP contribution in [0.2, 0.25) is 0 Å².